The minimum atomic E-state index is -0.309. The van der Waals surface area contributed by atoms with Gasteiger partial charge in [-0.05, 0) is 50.0 Å². The Hall–Kier alpha value is -0.610. The first-order chi connectivity index (χ1) is 8.59. The number of hydrogen-bond acceptors (Lipinski definition) is 2. The number of benzene rings is 1. The fraction of sp³-hybridized carbons (Fsp3) is 0.571. The fourth-order valence-electron chi connectivity index (χ4n) is 1.51. The highest BCUT2D eigenvalue weighted by Gasteiger charge is 2.03. The van der Waals surface area contributed by atoms with Crippen molar-refractivity contribution in [1.29, 1.82) is 0 Å². The predicted molar refractivity (Wildman–Crippen MR) is 76.5 cm³/mol. The van der Waals surface area contributed by atoms with E-state index in [2.05, 4.69) is 35.1 Å². The smallest absolute Gasteiger partial charge is 0.165 e. The summed E-state index contributed by atoms with van der Waals surface area (Å²) in [4.78, 5) is 0. The Morgan fingerprint density at radius 3 is 2.83 bits per heavy atom. The maximum absolute atomic E-state index is 13.3. The van der Waals surface area contributed by atoms with Crippen LogP contribution in [-0.4, -0.2) is 19.7 Å². The van der Waals surface area contributed by atoms with Gasteiger partial charge in [0.05, 0.1) is 6.61 Å². The summed E-state index contributed by atoms with van der Waals surface area (Å²) in [5.74, 6) is 0.688. The topological polar surface area (TPSA) is 21.3 Å². The van der Waals surface area contributed by atoms with Crippen LogP contribution >= 0.6 is 15.9 Å². The van der Waals surface area contributed by atoms with Crippen molar-refractivity contribution in [2.24, 2.45) is 5.92 Å². The van der Waals surface area contributed by atoms with Gasteiger partial charge in [-0.2, -0.15) is 0 Å². The van der Waals surface area contributed by atoms with Crippen molar-refractivity contribution < 1.29 is 9.13 Å². The van der Waals surface area contributed by atoms with E-state index in [1.165, 1.54) is 6.07 Å². The van der Waals surface area contributed by atoms with Crippen LogP contribution in [0.4, 0.5) is 4.39 Å². The SMILES string of the molecule is CC(C)CNCCCCOc1cc(Br)ccc1F. The third-order valence-electron chi connectivity index (χ3n) is 2.45. The molecule has 1 N–H and O–H groups in total. The molecule has 0 aromatic heterocycles. The van der Waals surface area contributed by atoms with Crippen LogP contribution in [0.25, 0.3) is 0 Å². The zero-order chi connectivity index (χ0) is 13.4. The van der Waals surface area contributed by atoms with Crippen molar-refractivity contribution in [3.63, 3.8) is 0 Å². The van der Waals surface area contributed by atoms with Crippen LogP contribution in [0.15, 0.2) is 22.7 Å². The lowest BCUT2D eigenvalue weighted by Crippen LogP contribution is -2.21. The van der Waals surface area contributed by atoms with Crippen LogP contribution in [-0.2, 0) is 0 Å². The highest BCUT2D eigenvalue weighted by Crippen LogP contribution is 2.22. The van der Waals surface area contributed by atoms with E-state index >= 15 is 0 Å². The Labute approximate surface area is 117 Å². The van der Waals surface area contributed by atoms with E-state index < -0.39 is 0 Å². The van der Waals surface area contributed by atoms with Gasteiger partial charge < -0.3 is 10.1 Å². The number of unbranched alkanes of at least 4 members (excludes halogenated alkanes) is 1. The number of rotatable bonds is 8. The molecule has 4 heteroatoms. The molecule has 0 heterocycles. The van der Waals surface area contributed by atoms with E-state index in [4.69, 9.17) is 4.74 Å². The summed E-state index contributed by atoms with van der Waals surface area (Å²) >= 11 is 3.30. The van der Waals surface area contributed by atoms with E-state index in [1.54, 1.807) is 12.1 Å². The van der Waals surface area contributed by atoms with Gasteiger partial charge in [-0.15, -0.1) is 0 Å². The van der Waals surface area contributed by atoms with Crippen molar-refractivity contribution in [3.05, 3.63) is 28.5 Å². The molecular formula is C14H21BrFNO. The minimum absolute atomic E-state index is 0.309. The Morgan fingerprint density at radius 1 is 1.33 bits per heavy atom. The van der Waals surface area contributed by atoms with E-state index in [-0.39, 0.29) is 5.82 Å². The molecule has 0 aliphatic carbocycles. The summed E-state index contributed by atoms with van der Waals surface area (Å²) in [6.07, 6.45) is 1.97. The van der Waals surface area contributed by atoms with E-state index in [0.717, 1.165) is 30.4 Å². The molecule has 1 aromatic rings. The molecule has 0 unspecified atom stereocenters. The third kappa shape index (κ3) is 6.36. The molecule has 0 bridgehead atoms. The molecule has 0 fully saturated rings. The Kier molecular flexibility index (Phi) is 7.28. The van der Waals surface area contributed by atoms with Gasteiger partial charge in [0.25, 0.3) is 0 Å². The molecule has 0 spiro atoms. The van der Waals surface area contributed by atoms with Gasteiger partial charge in [0, 0.05) is 4.47 Å². The normalized spacial score (nSPS) is 10.9. The maximum Gasteiger partial charge on any atom is 0.165 e. The molecule has 0 radical (unpaired) electrons. The van der Waals surface area contributed by atoms with Gasteiger partial charge in [0.1, 0.15) is 0 Å². The first-order valence-corrected chi connectivity index (χ1v) is 7.17. The van der Waals surface area contributed by atoms with Gasteiger partial charge in [0.2, 0.25) is 0 Å². The van der Waals surface area contributed by atoms with Crippen molar-refractivity contribution in [1.82, 2.24) is 5.32 Å². The van der Waals surface area contributed by atoms with Crippen LogP contribution in [0.2, 0.25) is 0 Å². The predicted octanol–water partition coefficient (Wildman–Crippen LogP) is 3.99. The Morgan fingerprint density at radius 2 is 2.11 bits per heavy atom. The van der Waals surface area contributed by atoms with Crippen molar-refractivity contribution >= 4 is 15.9 Å². The van der Waals surface area contributed by atoms with Gasteiger partial charge >= 0.3 is 0 Å². The van der Waals surface area contributed by atoms with Gasteiger partial charge in [0.15, 0.2) is 11.6 Å². The minimum Gasteiger partial charge on any atom is -0.490 e. The maximum atomic E-state index is 13.3. The van der Waals surface area contributed by atoms with Gasteiger partial charge in [-0.1, -0.05) is 29.8 Å². The number of hydrogen-bond donors (Lipinski definition) is 1. The average Bonchev–Trinajstić information content (AvgIpc) is 2.32. The van der Waals surface area contributed by atoms with E-state index in [9.17, 15) is 4.39 Å². The number of halogens is 2. The van der Waals surface area contributed by atoms with Crippen LogP contribution < -0.4 is 10.1 Å². The van der Waals surface area contributed by atoms with Gasteiger partial charge in [-0.25, -0.2) is 4.39 Å². The lowest BCUT2D eigenvalue weighted by molar-refractivity contribution is 0.290. The van der Waals surface area contributed by atoms with Crippen molar-refractivity contribution in [2.45, 2.75) is 26.7 Å². The first kappa shape index (κ1) is 15.4. The molecule has 0 amide bonds. The van der Waals surface area contributed by atoms with E-state index in [0.29, 0.717) is 18.3 Å². The number of ether oxygens (including phenoxy) is 1. The van der Waals surface area contributed by atoms with Crippen LogP contribution in [0.5, 0.6) is 5.75 Å². The summed E-state index contributed by atoms with van der Waals surface area (Å²) in [5.41, 5.74) is 0. The first-order valence-electron chi connectivity index (χ1n) is 6.38. The molecule has 0 aliphatic heterocycles. The van der Waals surface area contributed by atoms with Crippen molar-refractivity contribution in [2.75, 3.05) is 19.7 Å². The Bertz CT molecular complexity index is 358. The molecule has 18 heavy (non-hydrogen) atoms. The summed E-state index contributed by atoms with van der Waals surface area (Å²) in [7, 11) is 0. The van der Waals surface area contributed by atoms with Crippen LogP contribution in [0.1, 0.15) is 26.7 Å². The zero-order valence-corrected chi connectivity index (χ0v) is 12.6. The third-order valence-corrected chi connectivity index (χ3v) is 2.94. The van der Waals surface area contributed by atoms with Crippen LogP contribution in [0.3, 0.4) is 0 Å². The highest BCUT2D eigenvalue weighted by atomic mass is 79.9. The average molecular weight is 318 g/mol. The quantitative estimate of drug-likeness (QED) is 0.732. The monoisotopic (exact) mass is 317 g/mol. The largest absolute Gasteiger partial charge is 0.490 e. The van der Waals surface area contributed by atoms with Crippen molar-refractivity contribution in [3.8, 4) is 5.75 Å². The summed E-state index contributed by atoms with van der Waals surface area (Å²) in [6.45, 7) is 6.96. The lowest BCUT2D eigenvalue weighted by atomic mass is 10.2. The molecule has 1 rings (SSSR count). The lowest BCUT2D eigenvalue weighted by Gasteiger charge is -2.09. The molecule has 0 aliphatic rings. The molecule has 0 atom stereocenters. The summed E-state index contributed by atoms with van der Waals surface area (Å²) in [5, 5.41) is 3.37. The molecule has 2 nitrogen and oxygen atoms in total. The van der Waals surface area contributed by atoms with Crippen LogP contribution in [0, 0.1) is 11.7 Å². The molecule has 0 saturated carbocycles. The molecule has 102 valence electrons. The molecular weight excluding hydrogens is 297 g/mol. The zero-order valence-electron chi connectivity index (χ0n) is 11.0. The Balaban J connectivity index is 2.12. The summed E-state index contributed by atoms with van der Waals surface area (Å²) < 4.78 is 19.6. The van der Waals surface area contributed by atoms with E-state index in [1.807, 2.05) is 0 Å². The fourth-order valence-corrected chi connectivity index (χ4v) is 1.85. The summed E-state index contributed by atoms with van der Waals surface area (Å²) in [6, 6.07) is 4.73. The van der Waals surface area contributed by atoms with Gasteiger partial charge in [-0.3, -0.25) is 0 Å². The molecule has 0 saturated heterocycles. The standard InChI is InChI=1S/C14H21BrFNO/c1-11(2)10-17-7-3-4-8-18-14-9-12(15)5-6-13(14)16/h5-6,9,11,17H,3-4,7-8,10H2,1-2H3. The second kappa shape index (κ2) is 8.48. The molecule has 1 aromatic carbocycles. The second-order valence-electron chi connectivity index (χ2n) is 4.73. The highest BCUT2D eigenvalue weighted by molar-refractivity contribution is 9.10. The second-order valence-corrected chi connectivity index (χ2v) is 5.64. The number of nitrogens with one attached hydrogen (secondary N) is 1.